The molecule has 0 bridgehead atoms. The Morgan fingerprint density at radius 2 is 1.90 bits per heavy atom. The van der Waals surface area contributed by atoms with Crippen LogP contribution in [0.25, 0.3) is 11.0 Å². The molecule has 1 heterocycles. The highest BCUT2D eigenvalue weighted by molar-refractivity contribution is 5.79. The van der Waals surface area contributed by atoms with Gasteiger partial charge in [-0.1, -0.05) is 24.3 Å². The molecular weight excluding hydrogens is 252 g/mol. The standard InChI is InChI=1S/C16H16N2O2/c1-18-15-12(4-3-5-14(15)17-16(18)19)10-11-6-8-13(20-2)9-7-11/h3-9H,10H2,1-2H3,(H,17,19). The number of fused-ring (bicyclic) bond motifs is 1. The summed E-state index contributed by atoms with van der Waals surface area (Å²) in [5, 5.41) is 0. The molecule has 4 heteroatoms. The molecule has 0 saturated carbocycles. The van der Waals surface area contributed by atoms with Gasteiger partial charge in [0.15, 0.2) is 0 Å². The maximum Gasteiger partial charge on any atom is 0.326 e. The molecule has 0 atom stereocenters. The Bertz CT molecular complexity index is 797. The highest BCUT2D eigenvalue weighted by atomic mass is 16.5. The van der Waals surface area contributed by atoms with Crippen molar-refractivity contribution in [2.75, 3.05) is 7.11 Å². The maximum absolute atomic E-state index is 11.7. The van der Waals surface area contributed by atoms with E-state index in [0.717, 1.165) is 28.8 Å². The van der Waals surface area contributed by atoms with Crippen LogP contribution in [-0.2, 0) is 13.5 Å². The molecule has 1 N–H and O–H groups in total. The first-order valence-corrected chi connectivity index (χ1v) is 6.48. The molecule has 20 heavy (non-hydrogen) atoms. The Balaban J connectivity index is 2.03. The third-order valence-electron chi connectivity index (χ3n) is 3.55. The van der Waals surface area contributed by atoms with E-state index in [1.165, 1.54) is 5.56 Å². The number of nitrogens with one attached hydrogen (secondary N) is 1. The van der Waals surface area contributed by atoms with Crippen LogP contribution in [0.3, 0.4) is 0 Å². The lowest BCUT2D eigenvalue weighted by atomic mass is 10.0. The normalized spacial score (nSPS) is 10.9. The molecular formula is C16H16N2O2. The number of hydrogen-bond donors (Lipinski definition) is 1. The molecule has 0 unspecified atom stereocenters. The number of aromatic nitrogens is 2. The van der Waals surface area contributed by atoms with Gasteiger partial charge in [-0.05, 0) is 35.7 Å². The molecule has 2 aromatic carbocycles. The van der Waals surface area contributed by atoms with Crippen LogP contribution in [0.1, 0.15) is 11.1 Å². The molecule has 0 saturated heterocycles. The Morgan fingerprint density at radius 3 is 2.60 bits per heavy atom. The van der Waals surface area contributed by atoms with Crippen molar-refractivity contribution in [2.45, 2.75) is 6.42 Å². The fourth-order valence-corrected chi connectivity index (χ4v) is 2.49. The van der Waals surface area contributed by atoms with Crippen molar-refractivity contribution >= 4 is 11.0 Å². The van der Waals surface area contributed by atoms with Crippen molar-refractivity contribution in [3.63, 3.8) is 0 Å². The molecule has 4 nitrogen and oxygen atoms in total. The minimum absolute atomic E-state index is 0.0813. The van der Waals surface area contributed by atoms with Gasteiger partial charge in [0.25, 0.3) is 0 Å². The lowest BCUT2D eigenvalue weighted by Crippen LogP contribution is -2.12. The Hall–Kier alpha value is -2.49. The van der Waals surface area contributed by atoms with Crippen molar-refractivity contribution < 1.29 is 4.74 Å². The fraction of sp³-hybridized carbons (Fsp3) is 0.188. The third-order valence-corrected chi connectivity index (χ3v) is 3.55. The first-order chi connectivity index (χ1) is 9.69. The van der Waals surface area contributed by atoms with E-state index in [1.54, 1.807) is 18.7 Å². The number of methoxy groups -OCH3 is 1. The van der Waals surface area contributed by atoms with Gasteiger partial charge >= 0.3 is 5.69 Å². The summed E-state index contributed by atoms with van der Waals surface area (Å²) in [6, 6.07) is 13.9. The first kappa shape index (κ1) is 12.5. The second-order valence-corrected chi connectivity index (χ2v) is 4.83. The maximum atomic E-state index is 11.7. The third kappa shape index (κ3) is 2.09. The minimum Gasteiger partial charge on any atom is -0.497 e. The predicted molar refractivity (Wildman–Crippen MR) is 79.3 cm³/mol. The number of ether oxygens (including phenoxy) is 1. The fourth-order valence-electron chi connectivity index (χ4n) is 2.49. The van der Waals surface area contributed by atoms with Crippen LogP contribution in [-0.4, -0.2) is 16.7 Å². The van der Waals surface area contributed by atoms with Gasteiger partial charge in [-0.15, -0.1) is 0 Å². The average molecular weight is 268 g/mol. The number of nitrogens with zero attached hydrogens (tertiary/aromatic N) is 1. The van der Waals surface area contributed by atoms with Gasteiger partial charge in [-0.25, -0.2) is 4.79 Å². The van der Waals surface area contributed by atoms with E-state index >= 15 is 0 Å². The van der Waals surface area contributed by atoms with Gasteiger partial charge in [0, 0.05) is 7.05 Å². The molecule has 0 radical (unpaired) electrons. The van der Waals surface area contributed by atoms with Gasteiger partial charge < -0.3 is 9.72 Å². The molecule has 0 aliphatic rings. The highest BCUT2D eigenvalue weighted by Gasteiger charge is 2.08. The molecule has 3 rings (SSSR count). The van der Waals surface area contributed by atoms with E-state index < -0.39 is 0 Å². The van der Waals surface area contributed by atoms with E-state index in [-0.39, 0.29) is 5.69 Å². The lowest BCUT2D eigenvalue weighted by Gasteiger charge is -2.06. The van der Waals surface area contributed by atoms with Crippen molar-refractivity contribution in [3.8, 4) is 5.75 Å². The van der Waals surface area contributed by atoms with Crippen LogP contribution < -0.4 is 10.4 Å². The van der Waals surface area contributed by atoms with E-state index in [0.29, 0.717) is 0 Å². The number of imidazole rings is 1. The summed E-state index contributed by atoms with van der Waals surface area (Å²) in [4.78, 5) is 14.6. The van der Waals surface area contributed by atoms with Gasteiger partial charge in [0.1, 0.15) is 5.75 Å². The summed E-state index contributed by atoms with van der Waals surface area (Å²) in [5.74, 6) is 0.848. The largest absolute Gasteiger partial charge is 0.497 e. The zero-order chi connectivity index (χ0) is 14.1. The minimum atomic E-state index is -0.0813. The van der Waals surface area contributed by atoms with Gasteiger partial charge in [0.2, 0.25) is 0 Å². The molecule has 0 spiro atoms. The van der Waals surface area contributed by atoms with Gasteiger partial charge in [-0.2, -0.15) is 0 Å². The highest BCUT2D eigenvalue weighted by Crippen LogP contribution is 2.20. The summed E-state index contributed by atoms with van der Waals surface area (Å²) in [5.41, 5.74) is 4.08. The zero-order valence-electron chi connectivity index (χ0n) is 11.5. The van der Waals surface area contributed by atoms with Crippen molar-refractivity contribution in [3.05, 3.63) is 64.1 Å². The molecule has 102 valence electrons. The molecule has 0 amide bonds. The topological polar surface area (TPSA) is 47.0 Å². The Labute approximate surface area is 116 Å². The second kappa shape index (κ2) is 4.89. The lowest BCUT2D eigenvalue weighted by molar-refractivity contribution is 0.414. The van der Waals surface area contributed by atoms with Crippen molar-refractivity contribution in [1.82, 2.24) is 9.55 Å². The van der Waals surface area contributed by atoms with Crippen molar-refractivity contribution in [1.29, 1.82) is 0 Å². The molecule has 1 aromatic heterocycles. The van der Waals surface area contributed by atoms with Crippen LogP contribution in [0.15, 0.2) is 47.3 Å². The van der Waals surface area contributed by atoms with Gasteiger partial charge in [0.05, 0.1) is 18.1 Å². The monoisotopic (exact) mass is 268 g/mol. The average Bonchev–Trinajstić information content (AvgIpc) is 2.76. The van der Waals surface area contributed by atoms with Gasteiger partial charge in [-0.3, -0.25) is 4.57 Å². The second-order valence-electron chi connectivity index (χ2n) is 4.83. The number of aromatic amines is 1. The summed E-state index contributed by atoms with van der Waals surface area (Å²) in [7, 11) is 3.45. The quantitative estimate of drug-likeness (QED) is 0.793. The summed E-state index contributed by atoms with van der Waals surface area (Å²) < 4.78 is 6.82. The van der Waals surface area contributed by atoms with Crippen LogP contribution in [0.4, 0.5) is 0 Å². The summed E-state index contributed by atoms with van der Waals surface area (Å²) in [6.07, 6.45) is 0.784. The smallest absolute Gasteiger partial charge is 0.326 e. The number of hydrogen-bond acceptors (Lipinski definition) is 2. The number of benzene rings is 2. The molecule has 0 aliphatic heterocycles. The van der Waals surface area contributed by atoms with Crippen LogP contribution in [0, 0.1) is 0 Å². The van der Waals surface area contributed by atoms with E-state index in [4.69, 9.17) is 4.74 Å². The molecule has 3 aromatic rings. The molecule has 0 aliphatic carbocycles. The zero-order valence-corrected chi connectivity index (χ0v) is 11.5. The summed E-state index contributed by atoms with van der Waals surface area (Å²) >= 11 is 0. The summed E-state index contributed by atoms with van der Waals surface area (Å²) in [6.45, 7) is 0. The van der Waals surface area contributed by atoms with Crippen LogP contribution in [0.5, 0.6) is 5.75 Å². The number of aryl methyl sites for hydroxylation is 1. The SMILES string of the molecule is COc1ccc(Cc2cccc3[nH]c(=O)n(C)c23)cc1. The number of H-pyrrole nitrogens is 1. The Morgan fingerprint density at radius 1 is 1.15 bits per heavy atom. The number of rotatable bonds is 3. The van der Waals surface area contributed by atoms with Crippen molar-refractivity contribution in [2.24, 2.45) is 7.05 Å². The van der Waals surface area contributed by atoms with E-state index in [1.807, 2.05) is 36.4 Å². The molecule has 0 fully saturated rings. The van der Waals surface area contributed by atoms with E-state index in [9.17, 15) is 4.79 Å². The van der Waals surface area contributed by atoms with E-state index in [2.05, 4.69) is 11.1 Å². The van der Waals surface area contributed by atoms with Crippen LogP contribution in [0.2, 0.25) is 0 Å². The number of para-hydroxylation sites is 1. The Kier molecular flexibility index (Phi) is 3.06. The van der Waals surface area contributed by atoms with Crippen LogP contribution >= 0.6 is 0 Å². The predicted octanol–water partition coefficient (Wildman–Crippen LogP) is 2.47. The first-order valence-electron chi connectivity index (χ1n) is 6.48.